The van der Waals surface area contributed by atoms with Crippen molar-refractivity contribution < 1.29 is 9.90 Å². The van der Waals surface area contributed by atoms with Crippen molar-refractivity contribution in [2.45, 2.75) is 19.4 Å². The average molecular weight is 243 g/mol. The highest BCUT2D eigenvalue weighted by molar-refractivity contribution is 5.95. The van der Waals surface area contributed by atoms with Gasteiger partial charge in [0.15, 0.2) is 0 Å². The molecule has 1 N–H and O–H groups in total. The van der Waals surface area contributed by atoms with Crippen LogP contribution < -0.4 is 4.90 Å². The van der Waals surface area contributed by atoms with Crippen LogP contribution in [0.3, 0.4) is 0 Å². The number of rotatable bonds is 4. The van der Waals surface area contributed by atoms with Gasteiger partial charge in [0.1, 0.15) is 6.04 Å². The second-order valence-corrected chi connectivity index (χ2v) is 4.37. The third-order valence-electron chi connectivity index (χ3n) is 3.29. The fourth-order valence-corrected chi connectivity index (χ4v) is 2.30. The van der Waals surface area contributed by atoms with E-state index in [4.69, 9.17) is 0 Å². The normalized spacial score (nSPS) is 12.3. The van der Waals surface area contributed by atoms with E-state index in [0.29, 0.717) is 6.42 Å². The third-order valence-corrected chi connectivity index (χ3v) is 3.29. The Hall–Kier alpha value is -2.03. The molecule has 0 aliphatic heterocycles. The summed E-state index contributed by atoms with van der Waals surface area (Å²) in [7, 11) is 1.84. The van der Waals surface area contributed by atoms with Crippen molar-refractivity contribution in [3.05, 3.63) is 42.5 Å². The quantitative estimate of drug-likeness (QED) is 0.896. The smallest absolute Gasteiger partial charge is 0.326 e. The fraction of sp³-hybridized carbons (Fsp3) is 0.267. The Morgan fingerprint density at radius 1 is 1.22 bits per heavy atom. The minimum Gasteiger partial charge on any atom is -0.480 e. The Balaban J connectivity index is 2.50. The van der Waals surface area contributed by atoms with Crippen molar-refractivity contribution in [1.82, 2.24) is 0 Å². The van der Waals surface area contributed by atoms with E-state index in [9.17, 15) is 9.90 Å². The van der Waals surface area contributed by atoms with Crippen LogP contribution in [0.1, 0.15) is 13.3 Å². The highest BCUT2D eigenvalue weighted by Gasteiger charge is 2.21. The van der Waals surface area contributed by atoms with Gasteiger partial charge in [-0.05, 0) is 17.9 Å². The van der Waals surface area contributed by atoms with Gasteiger partial charge in [-0.3, -0.25) is 0 Å². The van der Waals surface area contributed by atoms with Crippen LogP contribution in [0.4, 0.5) is 5.69 Å². The molecule has 0 radical (unpaired) electrons. The second-order valence-electron chi connectivity index (χ2n) is 4.37. The number of fused-ring (bicyclic) bond motifs is 1. The molecule has 0 saturated heterocycles. The summed E-state index contributed by atoms with van der Waals surface area (Å²) < 4.78 is 0. The summed E-state index contributed by atoms with van der Waals surface area (Å²) in [6.07, 6.45) is 0.578. The lowest BCUT2D eigenvalue weighted by Crippen LogP contribution is -2.38. The highest BCUT2D eigenvalue weighted by Crippen LogP contribution is 2.27. The van der Waals surface area contributed by atoms with E-state index in [1.807, 2.05) is 61.3 Å². The molecule has 2 aromatic rings. The summed E-state index contributed by atoms with van der Waals surface area (Å²) in [6, 6.07) is 13.5. The SMILES string of the molecule is CC[C@H](C(=O)O)N(C)c1cccc2ccccc12. The summed E-state index contributed by atoms with van der Waals surface area (Å²) in [5.41, 5.74) is 0.961. The van der Waals surface area contributed by atoms with E-state index in [-0.39, 0.29) is 0 Å². The summed E-state index contributed by atoms with van der Waals surface area (Å²) in [6.45, 7) is 1.89. The predicted molar refractivity (Wildman–Crippen MR) is 74.1 cm³/mol. The van der Waals surface area contributed by atoms with Gasteiger partial charge in [0, 0.05) is 18.1 Å². The molecule has 0 aliphatic rings. The summed E-state index contributed by atoms with van der Waals surface area (Å²) in [5.74, 6) is -0.784. The first-order valence-corrected chi connectivity index (χ1v) is 6.08. The van der Waals surface area contributed by atoms with Gasteiger partial charge in [-0.15, -0.1) is 0 Å². The average Bonchev–Trinajstić information content (AvgIpc) is 2.38. The van der Waals surface area contributed by atoms with Gasteiger partial charge in [-0.2, -0.15) is 0 Å². The number of carboxylic acids is 1. The Bertz CT molecular complexity index is 560. The lowest BCUT2D eigenvalue weighted by Gasteiger charge is -2.27. The number of likely N-dealkylation sites (N-methyl/N-ethyl adjacent to an activating group) is 1. The molecule has 94 valence electrons. The molecular weight excluding hydrogens is 226 g/mol. The van der Waals surface area contributed by atoms with E-state index in [0.717, 1.165) is 16.5 Å². The zero-order chi connectivity index (χ0) is 13.1. The Labute approximate surface area is 107 Å². The monoisotopic (exact) mass is 243 g/mol. The van der Waals surface area contributed by atoms with Crippen LogP contribution in [-0.4, -0.2) is 24.2 Å². The molecule has 0 aliphatic carbocycles. The summed E-state index contributed by atoms with van der Waals surface area (Å²) in [4.78, 5) is 13.1. The maximum Gasteiger partial charge on any atom is 0.326 e. The zero-order valence-corrected chi connectivity index (χ0v) is 10.6. The number of aliphatic carboxylic acids is 1. The van der Waals surface area contributed by atoms with Gasteiger partial charge in [0.2, 0.25) is 0 Å². The topological polar surface area (TPSA) is 40.5 Å². The number of nitrogens with zero attached hydrogens (tertiary/aromatic N) is 1. The van der Waals surface area contributed by atoms with Crippen LogP contribution in [0.25, 0.3) is 10.8 Å². The molecule has 0 aromatic heterocycles. The van der Waals surface area contributed by atoms with Crippen LogP contribution in [0.5, 0.6) is 0 Å². The van der Waals surface area contributed by atoms with Gasteiger partial charge < -0.3 is 10.0 Å². The molecule has 2 rings (SSSR count). The molecule has 0 bridgehead atoms. The van der Waals surface area contributed by atoms with Gasteiger partial charge >= 0.3 is 5.97 Å². The first kappa shape index (κ1) is 12.4. The molecule has 0 fully saturated rings. The molecule has 2 aromatic carbocycles. The largest absolute Gasteiger partial charge is 0.480 e. The van der Waals surface area contributed by atoms with Gasteiger partial charge in [-0.1, -0.05) is 43.3 Å². The van der Waals surface area contributed by atoms with Gasteiger partial charge in [-0.25, -0.2) is 4.79 Å². The first-order valence-electron chi connectivity index (χ1n) is 6.08. The number of carboxylic acid groups (broad SMARTS) is 1. The Morgan fingerprint density at radius 2 is 1.89 bits per heavy atom. The van der Waals surface area contributed by atoms with Crippen molar-refractivity contribution in [2.24, 2.45) is 0 Å². The van der Waals surface area contributed by atoms with E-state index in [2.05, 4.69) is 0 Å². The number of hydrogen-bond donors (Lipinski definition) is 1. The van der Waals surface area contributed by atoms with E-state index >= 15 is 0 Å². The number of carbonyl (C=O) groups is 1. The van der Waals surface area contributed by atoms with Crippen molar-refractivity contribution in [2.75, 3.05) is 11.9 Å². The molecule has 1 atom stereocenters. The standard InChI is InChI=1S/C15H17NO2/c1-3-13(15(17)18)16(2)14-10-6-8-11-7-4-5-9-12(11)14/h4-10,13H,3H2,1-2H3,(H,17,18)/t13-/m1/s1. The molecule has 0 amide bonds. The van der Waals surface area contributed by atoms with Gasteiger partial charge in [0.05, 0.1) is 0 Å². The van der Waals surface area contributed by atoms with Crippen LogP contribution >= 0.6 is 0 Å². The molecule has 0 saturated carbocycles. The first-order chi connectivity index (χ1) is 8.65. The minimum atomic E-state index is -0.784. The van der Waals surface area contributed by atoms with Gasteiger partial charge in [0.25, 0.3) is 0 Å². The van der Waals surface area contributed by atoms with E-state index < -0.39 is 12.0 Å². The lowest BCUT2D eigenvalue weighted by molar-refractivity contribution is -0.138. The summed E-state index contributed by atoms with van der Waals surface area (Å²) >= 11 is 0. The second kappa shape index (κ2) is 5.08. The fourth-order valence-electron chi connectivity index (χ4n) is 2.30. The van der Waals surface area contributed by atoms with E-state index in [1.54, 1.807) is 0 Å². The van der Waals surface area contributed by atoms with Crippen LogP contribution in [0, 0.1) is 0 Å². The van der Waals surface area contributed by atoms with Crippen molar-refractivity contribution >= 4 is 22.4 Å². The van der Waals surface area contributed by atoms with Crippen molar-refractivity contribution in [1.29, 1.82) is 0 Å². The molecule has 3 nitrogen and oxygen atoms in total. The highest BCUT2D eigenvalue weighted by atomic mass is 16.4. The number of benzene rings is 2. The van der Waals surface area contributed by atoms with Crippen LogP contribution in [0.2, 0.25) is 0 Å². The lowest BCUT2D eigenvalue weighted by atomic mass is 10.1. The van der Waals surface area contributed by atoms with Crippen molar-refractivity contribution in [3.8, 4) is 0 Å². The van der Waals surface area contributed by atoms with E-state index in [1.165, 1.54) is 0 Å². The molecule has 0 unspecified atom stereocenters. The molecule has 3 heteroatoms. The van der Waals surface area contributed by atoms with Crippen LogP contribution in [-0.2, 0) is 4.79 Å². The minimum absolute atomic E-state index is 0.490. The predicted octanol–water partition coefficient (Wildman–Crippen LogP) is 3.14. The summed E-state index contributed by atoms with van der Waals surface area (Å²) in [5, 5.41) is 11.4. The number of anilines is 1. The Morgan fingerprint density at radius 3 is 2.56 bits per heavy atom. The molecule has 18 heavy (non-hydrogen) atoms. The molecule has 0 spiro atoms. The van der Waals surface area contributed by atoms with Crippen LogP contribution in [0.15, 0.2) is 42.5 Å². The maximum atomic E-state index is 11.2. The molecular formula is C15H17NO2. The molecule has 0 heterocycles. The zero-order valence-electron chi connectivity index (χ0n) is 10.6. The Kier molecular flexibility index (Phi) is 3.51. The maximum absolute atomic E-state index is 11.2. The number of hydrogen-bond acceptors (Lipinski definition) is 2. The van der Waals surface area contributed by atoms with Crippen molar-refractivity contribution in [3.63, 3.8) is 0 Å². The third kappa shape index (κ3) is 2.16.